The van der Waals surface area contributed by atoms with Crippen LogP contribution >= 0.6 is 0 Å². The van der Waals surface area contributed by atoms with Crippen LogP contribution in [0.25, 0.3) is 0 Å². The highest BCUT2D eigenvalue weighted by Gasteiger charge is 2.29. The van der Waals surface area contributed by atoms with E-state index in [-0.39, 0.29) is 17.0 Å². The van der Waals surface area contributed by atoms with Crippen molar-refractivity contribution in [3.8, 4) is 0 Å². The lowest BCUT2D eigenvalue weighted by Crippen LogP contribution is -2.41. The molecular weight excluding hydrogens is 334 g/mol. The van der Waals surface area contributed by atoms with E-state index in [1.807, 2.05) is 25.1 Å². The van der Waals surface area contributed by atoms with Crippen molar-refractivity contribution in [1.82, 2.24) is 4.90 Å². The van der Waals surface area contributed by atoms with E-state index in [9.17, 15) is 8.42 Å². The molecule has 25 heavy (non-hydrogen) atoms. The van der Waals surface area contributed by atoms with Crippen LogP contribution in [-0.4, -0.2) is 32.5 Å². The van der Waals surface area contributed by atoms with Gasteiger partial charge < -0.3 is 0 Å². The molecule has 134 valence electrons. The highest BCUT2D eigenvalue weighted by molar-refractivity contribution is 7.86. The number of piperidine rings is 1. The van der Waals surface area contributed by atoms with Crippen molar-refractivity contribution in [3.63, 3.8) is 0 Å². The summed E-state index contributed by atoms with van der Waals surface area (Å²) in [6.07, 6.45) is 1.40. The van der Waals surface area contributed by atoms with Crippen LogP contribution in [0.15, 0.2) is 59.5 Å². The van der Waals surface area contributed by atoms with Crippen molar-refractivity contribution in [3.05, 3.63) is 65.7 Å². The molecule has 5 heteroatoms. The van der Waals surface area contributed by atoms with E-state index in [0.717, 1.165) is 24.9 Å². The molecule has 1 fully saturated rings. The molecule has 0 amide bonds. The number of hydrogen-bond donors (Lipinski definition) is 0. The number of likely N-dealkylation sites (tertiary alicyclic amines) is 1. The van der Waals surface area contributed by atoms with Gasteiger partial charge in [-0.3, -0.25) is 9.08 Å². The Morgan fingerprint density at radius 1 is 1.08 bits per heavy atom. The molecule has 0 saturated carbocycles. The molecule has 0 radical (unpaired) electrons. The first kappa shape index (κ1) is 18.1. The fourth-order valence-electron chi connectivity index (χ4n) is 3.28. The van der Waals surface area contributed by atoms with Crippen LogP contribution in [0.5, 0.6) is 0 Å². The van der Waals surface area contributed by atoms with E-state index >= 15 is 0 Å². The van der Waals surface area contributed by atoms with Crippen LogP contribution in [0.2, 0.25) is 0 Å². The van der Waals surface area contributed by atoms with Crippen molar-refractivity contribution in [1.29, 1.82) is 0 Å². The lowest BCUT2D eigenvalue weighted by Gasteiger charge is -2.36. The summed E-state index contributed by atoms with van der Waals surface area (Å²) in [7, 11) is -3.72. The van der Waals surface area contributed by atoms with Gasteiger partial charge in [-0.2, -0.15) is 8.42 Å². The predicted molar refractivity (Wildman–Crippen MR) is 98.9 cm³/mol. The normalized spacial score (nSPS) is 20.3. The monoisotopic (exact) mass is 359 g/mol. The van der Waals surface area contributed by atoms with E-state index in [4.69, 9.17) is 4.18 Å². The largest absolute Gasteiger partial charge is 0.297 e. The summed E-state index contributed by atoms with van der Waals surface area (Å²) < 4.78 is 30.6. The van der Waals surface area contributed by atoms with E-state index in [0.29, 0.717) is 6.54 Å². The van der Waals surface area contributed by atoms with Crippen molar-refractivity contribution < 1.29 is 12.6 Å². The quantitative estimate of drug-likeness (QED) is 0.759. The molecular formula is C20H25NO3S. The number of aryl methyl sites for hydroxylation is 1. The van der Waals surface area contributed by atoms with E-state index in [1.165, 1.54) is 5.56 Å². The Balaban J connectivity index is 1.68. The lowest BCUT2D eigenvalue weighted by molar-refractivity contribution is 0.0698. The van der Waals surface area contributed by atoms with Gasteiger partial charge in [0.1, 0.15) is 0 Å². The minimum atomic E-state index is -3.72. The van der Waals surface area contributed by atoms with E-state index < -0.39 is 10.1 Å². The molecule has 1 saturated heterocycles. The molecule has 0 aliphatic carbocycles. The summed E-state index contributed by atoms with van der Waals surface area (Å²) in [6.45, 7) is 5.68. The van der Waals surface area contributed by atoms with Gasteiger partial charge in [-0.25, -0.2) is 0 Å². The number of benzene rings is 2. The SMILES string of the molecule is Cc1ccc(S(=O)(=O)O[C@@H]2CCCN([C@H](C)c3ccccc3)C2)cc1. The highest BCUT2D eigenvalue weighted by atomic mass is 32.2. The molecule has 0 aromatic heterocycles. The number of hydrogen-bond acceptors (Lipinski definition) is 4. The summed E-state index contributed by atoms with van der Waals surface area (Å²) in [6, 6.07) is 17.3. The highest BCUT2D eigenvalue weighted by Crippen LogP contribution is 2.27. The van der Waals surface area contributed by atoms with Gasteiger partial charge in [-0.15, -0.1) is 0 Å². The topological polar surface area (TPSA) is 46.6 Å². The minimum Gasteiger partial charge on any atom is -0.294 e. The molecule has 3 rings (SSSR count). The number of nitrogens with zero attached hydrogens (tertiary/aromatic N) is 1. The molecule has 0 bridgehead atoms. The molecule has 0 unspecified atom stereocenters. The maximum Gasteiger partial charge on any atom is 0.297 e. The van der Waals surface area contributed by atoms with Gasteiger partial charge >= 0.3 is 0 Å². The van der Waals surface area contributed by atoms with Gasteiger partial charge in [-0.05, 0) is 50.9 Å². The second-order valence-electron chi connectivity index (χ2n) is 6.71. The average molecular weight is 359 g/mol. The molecule has 2 aromatic carbocycles. The minimum absolute atomic E-state index is 0.228. The third-order valence-electron chi connectivity index (χ3n) is 4.81. The molecule has 4 nitrogen and oxygen atoms in total. The van der Waals surface area contributed by atoms with Crippen molar-refractivity contribution in [2.45, 2.75) is 43.7 Å². The Morgan fingerprint density at radius 2 is 1.76 bits per heavy atom. The Kier molecular flexibility index (Phi) is 5.57. The molecule has 1 aliphatic heterocycles. The second kappa shape index (κ2) is 7.68. The van der Waals surface area contributed by atoms with Gasteiger partial charge in [0.15, 0.2) is 0 Å². The van der Waals surface area contributed by atoms with E-state index in [2.05, 4.69) is 24.0 Å². The van der Waals surface area contributed by atoms with Crippen LogP contribution in [0.1, 0.15) is 36.9 Å². The molecule has 2 aromatic rings. The molecule has 0 spiro atoms. The third kappa shape index (κ3) is 4.48. The maximum absolute atomic E-state index is 12.5. The summed E-state index contributed by atoms with van der Waals surface area (Å²) in [5.74, 6) is 0. The van der Waals surface area contributed by atoms with Crippen molar-refractivity contribution >= 4 is 10.1 Å². The van der Waals surface area contributed by atoms with Crippen LogP contribution in [-0.2, 0) is 14.3 Å². The Hall–Kier alpha value is -1.69. The second-order valence-corrected chi connectivity index (χ2v) is 8.28. The average Bonchev–Trinajstić information content (AvgIpc) is 2.62. The zero-order chi connectivity index (χ0) is 17.9. The summed E-state index contributed by atoms with van der Waals surface area (Å²) in [5.41, 5.74) is 2.27. The van der Waals surface area contributed by atoms with Crippen LogP contribution in [0, 0.1) is 6.92 Å². The first-order chi connectivity index (χ1) is 12.0. The van der Waals surface area contributed by atoms with Gasteiger partial charge in [0.05, 0.1) is 11.0 Å². The van der Waals surface area contributed by atoms with Crippen molar-refractivity contribution in [2.75, 3.05) is 13.1 Å². The summed E-state index contributed by atoms with van der Waals surface area (Å²) in [4.78, 5) is 2.53. The summed E-state index contributed by atoms with van der Waals surface area (Å²) in [5, 5.41) is 0. The van der Waals surface area contributed by atoms with Gasteiger partial charge in [0.25, 0.3) is 10.1 Å². The van der Waals surface area contributed by atoms with Gasteiger partial charge in [-0.1, -0.05) is 48.0 Å². The molecule has 1 heterocycles. The fourth-order valence-corrected chi connectivity index (χ4v) is 4.37. The van der Waals surface area contributed by atoms with E-state index in [1.54, 1.807) is 24.3 Å². The Morgan fingerprint density at radius 3 is 2.44 bits per heavy atom. The molecule has 2 atom stereocenters. The van der Waals surface area contributed by atoms with Crippen molar-refractivity contribution in [2.24, 2.45) is 0 Å². The van der Waals surface area contributed by atoms with Crippen LogP contribution < -0.4 is 0 Å². The van der Waals surface area contributed by atoms with Crippen LogP contribution in [0.4, 0.5) is 0 Å². The first-order valence-electron chi connectivity index (χ1n) is 8.75. The fraction of sp³-hybridized carbons (Fsp3) is 0.400. The molecule has 1 aliphatic rings. The lowest BCUT2D eigenvalue weighted by atomic mass is 10.0. The van der Waals surface area contributed by atoms with Gasteiger partial charge in [0, 0.05) is 12.6 Å². The predicted octanol–water partition coefficient (Wildman–Crippen LogP) is 3.93. The smallest absolute Gasteiger partial charge is 0.294 e. The summed E-state index contributed by atoms with van der Waals surface area (Å²) >= 11 is 0. The number of rotatable bonds is 5. The Bertz CT molecular complexity index is 787. The standard InChI is InChI=1S/C20H25NO3S/c1-16-10-12-20(13-11-16)25(22,23)24-19-9-6-14-21(15-19)17(2)18-7-4-3-5-8-18/h3-5,7-8,10-13,17,19H,6,9,14-15H2,1-2H3/t17-,19-/m1/s1. The zero-order valence-corrected chi connectivity index (χ0v) is 15.6. The Labute approximate surface area is 150 Å². The maximum atomic E-state index is 12.5. The third-order valence-corrected chi connectivity index (χ3v) is 6.19. The van der Waals surface area contributed by atoms with Crippen LogP contribution in [0.3, 0.4) is 0 Å². The molecule has 0 N–H and O–H groups in total. The zero-order valence-electron chi connectivity index (χ0n) is 14.8. The first-order valence-corrected chi connectivity index (χ1v) is 10.2. The van der Waals surface area contributed by atoms with Gasteiger partial charge in [0.2, 0.25) is 0 Å².